The lowest BCUT2D eigenvalue weighted by Crippen LogP contribution is -2.34. The first-order chi connectivity index (χ1) is 15.8. The van der Waals surface area contributed by atoms with Crippen LogP contribution in [0.15, 0.2) is 48.5 Å². The van der Waals surface area contributed by atoms with Crippen LogP contribution in [0.3, 0.4) is 0 Å². The molecule has 186 valence electrons. The Morgan fingerprint density at radius 2 is 1.00 bits per heavy atom. The van der Waals surface area contributed by atoms with Crippen LogP contribution < -0.4 is 20.1 Å². The lowest BCUT2D eigenvalue weighted by molar-refractivity contribution is 0.240. The van der Waals surface area contributed by atoms with Crippen molar-refractivity contribution in [2.24, 2.45) is 11.8 Å². The molecule has 5 heteroatoms. The third-order valence-electron chi connectivity index (χ3n) is 3.92. The van der Waals surface area contributed by atoms with Gasteiger partial charge >= 0.3 is 6.03 Å². The maximum absolute atomic E-state index is 12.0. The molecule has 2 aromatic rings. The molecule has 0 atom stereocenters. The second-order valence-corrected chi connectivity index (χ2v) is 8.44. The highest BCUT2D eigenvalue weighted by Crippen LogP contribution is 2.14. The number of rotatable bonds is 10. The Labute approximate surface area is 202 Å². The molecule has 0 spiro atoms. The molecule has 0 saturated carbocycles. The summed E-state index contributed by atoms with van der Waals surface area (Å²) in [5, 5.41) is 5.73. The Balaban J connectivity index is 0.00000189. The molecule has 0 radical (unpaired) electrons. The molecular weight excluding hydrogens is 412 g/mol. The molecule has 0 bridgehead atoms. The van der Waals surface area contributed by atoms with Crippen molar-refractivity contribution in [3.63, 3.8) is 0 Å². The molecule has 33 heavy (non-hydrogen) atoms. The Hall–Kier alpha value is -2.69. The van der Waals surface area contributed by atoms with Crippen LogP contribution in [0.1, 0.15) is 72.9 Å². The van der Waals surface area contributed by atoms with Crippen LogP contribution in [0.4, 0.5) is 4.79 Å². The molecule has 2 aromatic carbocycles. The van der Waals surface area contributed by atoms with Crippen molar-refractivity contribution in [2.75, 3.05) is 13.2 Å². The van der Waals surface area contributed by atoms with Crippen LogP contribution >= 0.6 is 0 Å². The maximum atomic E-state index is 12.0. The van der Waals surface area contributed by atoms with Crippen LogP contribution in [0.25, 0.3) is 0 Å². The van der Waals surface area contributed by atoms with Gasteiger partial charge in [-0.05, 0) is 47.2 Å². The zero-order valence-electron chi connectivity index (χ0n) is 22.0. The summed E-state index contributed by atoms with van der Waals surface area (Å²) in [6.45, 7) is 19.1. The summed E-state index contributed by atoms with van der Waals surface area (Å²) >= 11 is 0. The van der Waals surface area contributed by atoms with Gasteiger partial charge in [-0.15, -0.1) is 0 Å². The Kier molecular flexibility index (Phi) is 17.3. The van der Waals surface area contributed by atoms with Crippen molar-refractivity contribution in [1.82, 2.24) is 10.6 Å². The zero-order chi connectivity index (χ0) is 25.1. The SMILES string of the molecule is CC.CC(C)COc1ccc(CNC(=O)NCc2ccc(OCC(C)C)cc2)cc1.CCC. The van der Waals surface area contributed by atoms with E-state index in [1.165, 1.54) is 6.42 Å². The molecule has 0 fully saturated rings. The summed E-state index contributed by atoms with van der Waals surface area (Å²) in [7, 11) is 0. The minimum Gasteiger partial charge on any atom is -0.493 e. The Morgan fingerprint density at radius 3 is 1.27 bits per heavy atom. The number of carbonyl (C=O) groups excluding carboxylic acids is 1. The standard InChI is InChI=1S/C23H32N2O3.C3H8.C2H6/c1-17(2)15-27-21-9-5-19(6-10-21)13-24-23(26)25-14-20-7-11-22(12-8-20)28-16-18(3)4;1-3-2;1-2/h5-12,17-18H,13-16H2,1-4H3,(H2,24,25,26);3H2,1-2H3;1-2H3. The van der Waals surface area contributed by atoms with Crippen LogP contribution in [0, 0.1) is 11.8 Å². The smallest absolute Gasteiger partial charge is 0.315 e. The predicted molar refractivity (Wildman–Crippen MR) is 140 cm³/mol. The van der Waals surface area contributed by atoms with Gasteiger partial charge in [0, 0.05) is 13.1 Å². The molecule has 0 aliphatic carbocycles. The van der Waals surface area contributed by atoms with Gasteiger partial charge in [0.05, 0.1) is 13.2 Å². The van der Waals surface area contributed by atoms with Crippen molar-refractivity contribution >= 4 is 6.03 Å². The van der Waals surface area contributed by atoms with E-state index in [-0.39, 0.29) is 6.03 Å². The van der Waals surface area contributed by atoms with Gasteiger partial charge in [-0.2, -0.15) is 0 Å². The van der Waals surface area contributed by atoms with E-state index in [2.05, 4.69) is 52.2 Å². The summed E-state index contributed by atoms with van der Waals surface area (Å²) in [5.41, 5.74) is 2.05. The number of nitrogens with one attached hydrogen (secondary N) is 2. The van der Waals surface area contributed by atoms with Gasteiger partial charge in [0.15, 0.2) is 0 Å². The summed E-state index contributed by atoms with van der Waals surface area (Å²) < 4.78 is 11.3. The minimum absolute atomic E-state index is 0.194. The topological polar surface area (TPSA) is 59.6 Å². The Bertz CT molecular complexity index is 664. The third kappa shape index (κ3) is 15.7. The van der Waals surface area contributed by atoms with Gasteiger partial charge in [-0.3, -0.25) is 0 Å². The second-order valence-electron chi connectivity index (χ2n) is 8.44. The summed E-state index contributed by atoms with van der Waals surface area (Å²) in [6, 6.07) is 15.4. The number of hydrogen-bond acceptors (Lipinski definition) is 3. The molecule has 0 aliphatic heterocycles. The highest BCUT2D eigenvalue weighted by molar-refractivity contribution is 5.73. The van der Waals surface area contributed by atoms with E-state index in [9.17, 15) is 4.79 Å². The summed E-state index contributed by atoms with van der Waals surface area (Å²) in [4.78, 5) is 12.0. The molecule has 0 aliphatic rings. The van der Waals surface area contributed by atoms with E-state index in [0.29, 0.717) is 38.1 Å². The van der Waals surface area contributed by atoms with E-state index in [1.807, 2.05) is 62.4 Å². The highest BCUT2D eigenvalue weighted by Gasteiger charge is 2.03. The van der Waals surface area contributed by atoms with Gasteiger partial charge in [0.25, 0.3) is 0 Å². The van der Waals surface area contributed by atoms with Gasteiger partial charge in [0.2, 0.25) is 0 Å². The van der Waals surface area contributed by atoms with E-state index >= 15 is 0 Å². The fourth-order valence-electron chi connectivity index (χ4n) is 2.36. The number of carbonyl (C=O) groups is 1. The number of hydrogen-bond donors (Lipinski definition) is 2. The van der Waals surface area contributed by atoms with Gasteiger partial charge in [-0.1, -0.05) is 86.1 Å². The first-order valence-electron chi connectivity index (χ1n) is 12.3. The molecule has 2 rings (SSSR count). The number of ether oxygens (including phenoxy) is 2. The predicted octanol–water partition coefficient (Wildman–Crippen LogP) is 7.20. The molecule has 0 heterocycles. The minimum atomic E-state index is -0.194. The van der Waals surface area contributed by atoms with Crippen molar-refractivity contribution in [3.8, 4) is 11.5 Å². The molecule has 0 unspecified atom stereocenters. The molecule has 5 nitrogen and oxygen atoms in total. The maximum Gasteiger partial charge on any atom is 0.315 e. The molecule has 2 N–H and O–H groups in total. The summed E-state index contributed by atoms with van der Waals surface area (Å²) in [5.74, 6) is 2.69. The fourth-order valence-corrected chi connectivity index (χ4v) is 2.36. The van der Waals surface area contributed by atoms with Crippen LogP contribution in [0.2, 0.25) is 0 Å². The van der Waals surface area contributed by atoms with Crippen molar-refractivity contribution in [3.05, 3.63) is 59.7 Å². The largest absolute Gasteiger partial charge is 0.493 e. The highest BCUT2D eigenvalue weighted by atomic mass is 16.5. The second kappa shape index (κ2) is 18.8. The average molecular weight is 459 g/mol. The molecule has 0 aromatic heterocycles. The lowest BCUT2D eigenvalue weighted by atomic mass is 10.2. The van der Waals surface area contributed by atoms with Crippen LogP contribution in [0.5, 0.6) is 11.5 Å². The number of urea groups is 1. The van der Waals surface area contributed by atoms with Crippen LogP contribution in [-0.4, -0.2) is 19.2 Å². The fraction of sp³-hybridized carbons (Fsp3) is 0.536. The number of amides is 2. The zero-order valence-corrected chi connectivity index (χ0v) is 22.0. The summed E-state index contributed by atoms with van der Waals surface area (Å²) in [6.07, 6.45) is 1.25. The third-order valence-corrected chi connectivity index (χ3v) is 3.92. The van der Waals surface area contributed by atoms with E-state index < -0.39 is 0 Å². The van der Waals surface area contributed by atoms with E-state index in [4.69, 9.17) is 9.47 Å². The number of benzene rings is 2. The average Bonchev–Trinajstić information content (AvgIpc) is 2.82. The molecule has 0 saturated heterocycles. The van der Waals surface area contributed by atoms with Gasteiger partial charge in [-0.25, -0.2) is 4.79 Å². The van der Waals surface area contributed by atoms with Crippen molar-refractivity contribution in [2.45, 2.75) is 74.9 Å². The van der Waals surface area contributed by atoms with Gasteiger partial charge < -0.3 is 20.1 Å². The van der Waals surface area contributed by atoms with Gasteiger partial charge in [0.1, 0.15) is 11.5 Å². The monoisotopic (exact) mass is 458 g/mol. The quantitative estimate of drug-likeness (QED) is 0.396. The van der Waals surface area contributed by atoms with E-state index in [0.717, 1.165) is 22.6 Å². The van der Waals surface area contributed by atoms with Crippen molar-refractivity contribution < 1.29 is 14.3 Å². The molecular formula is C28H46N2O3. The van der Waals surface area contributed by atoms with E-state index in [1.54, 1.807) is 0 Å². The normalized spacial score (nSPS) is 9.88. The first kappa shape index (κ1) is 30.3. The Morgan fingerprint density at radius 1 is 0.697 bits per heavy atom. The van der Waals surface area contributed by atoms with Crippen molar-refractivity contribution in [1.29, 1.82) is 0 Å². The first-order valence-corrected chi connectivity index (χ1v) is 12.3. The lowest BCUT2D eigenvalue weighted by Gasteiger charge is -2.11. The van der Waals surface area contributed by atoms with Crippen LogP contribution in [-0.2, 0) is 13.1 Å². The molecule has 2 amide bonds.